The number of rotatable bonds is 2. The lowest BCUT2D eigenvalue weighted by atomic mass is 9.88. The van der Waals surface area contributed by atoms with Crippen molar-refractivity contribution in [3.63, 3.8) is 0 Å². The van der Waals surface area contributed by atoms with Gasteiger partial charge in [-0.05, 0) is 96.5 Å². The molecule has 0 heterocycles. The number of nitrogens with one attached hydrogen (secondary N) is 1. The van der Waals surface area contributed by atoms with Crippen LogP contribution in [0.25, 0.3) is 5.57 Å². The summed E-state index contributed by atoms with van der Waals surface area (Å²) in [6, 6.07) is 14.0. The van der Waals surface area contributed by atoms with E-state index in [4.69, 9.17) is 22.0 Å². The number of allylic oxidation sites excluding steroid dienone is 5. The van der Waals surface area contributed by atoms with Crippen LogP contribution >= 0.6 is 12.4 Å². The number of aliphatic hydroxyl groups excluding tert-OH is 1. The molecule has 0 saturated heterocycles. The second-order valence-corrected chi connectivity index (χ2v) is 8.39. The highest BCUT2D eigenvalue weighted by Crippen LogP contribution is 2.32. The average Bonchev–Trinajstić information content (AvgIpc) is 2.76. The number of nitrogen functional groups attached to an aromatic ring is 2. The van der Waals surface area contributed by atoms with Crippen LogP contribution in [0.1, 0.15) is 55.7 Å². The van der Waals surface area contributed by atoms with E-state index >= 15 is 0 Å². The molecule has 2 aromatic rings. The third-order valence-corrected chi connectivity index (χ3v) is 5.85. The molecule has 2 aliphatic carbocycles. The maximum absolute atomic E-state index is 8.91. The van der Waals surface area contributed by atoms with Crippen LogP contribution in [0.15, 0.2) is 71.8 Å². The molecular weight excluding hydrogens is 418 g/mol. The van der Waals surface area contributed by atoms with Crippen molar-refractivity contribution in [2.24, 2.45) is 0 Å². The molecule has 5 heteroatoms. The Morgan fingerprint density at radius 2 is 1.53 bits per heavy atom. The van der Waals surface area contributed by atoms with Gasteiger partial charge in [-0.3, -0.25) is 0 Å². The Labute approximate surface area is 197 Å². The van der Waals surface area contributed by atoms with Crippen LogP contribution in [-0.4, -0.2) is 16.9 Å². The van der Waals surface area contributed by atoms with E-state index < -0.39 is 0 Å². The molecule has 0 radical (unpaired) electrons. The monoisotopic (exact) mass is 451 g/mol. The van der Waals surface area contributed by atoms with Crippen LogP contribution in [-0.2, 0) is 0 Å². The summed E-state index contributed by atoms with van der Waals surface area (Å²) in [5.74, 6) is 0. The van der Waals surface area contributed by atoms with Gasteiger partial charge >= 0.3 is 0 Å². The molecule has 4 nitrogen and oxygen atoms in total. The molecule has 0 unspecified atom stereocenters. The summed E-state index contributed by atoms with van der Waals surface area (Å²) in [6.45, 7) is 3.97. The molecule has 0 aromatic heterocycles. The summed E-state index contributed by atoms with van der Waals surface area (Å²) in [6.07, 6.45) is 11.8. The highest BCUT2D eigenvalue weighted by molar-refractivity contribution is 6.08. The zero-order valence-corrected chi connectivity index (χ0v) is 19.7. The van der Waals surface area contributed by atoms with Crippen molar-refractivity contribution in [1.82, 2.24) is 0 Å². The first-order chi connectivity index (χ1) is 14.8. The van der Waals surface area contributed by atoms with E-state index in [0.717, 1.165) is 57.6 Å². The Balaban J connectivity index is 0.000000388. The fourth-order valence-corrected chi connectivity index (χ4v) is 3.88. The zero-order chi connectivity index (χ0) is 22.4. The molecule has 2 aliphatic rings. The summed E-state index contributed by atoms with van der Waals surface area (Å²) >= 11 is 0. The SMILES string of the molecule is CC1=CC(=C(c2ccc(N)cc2)c2ccc(N)c(C)c2)C=CC1=N.Cl.OC1CCCCC1. The van der Waals surface area contributed by atoms with Crippen LogP contribution in [0.5, 0.6) is 0 Å². The quantitative estimate of drug-likeness (QED) is 0.407. The van der Waals surface area contributed by atoms with Gasteiger partial charge < -0.3 is 22.0 Å². The van der Waals surface area contributed by atoms with Gasteiger partial charge in [0.2, 0.25) is 0 Å². The van der Waals surface area contributed by atoms with Crippen molar-refractivity contribution in [2.45, 2.75) is 52.1 Å². The minimum atomic E-state index is 0. The van der Waals surface area contributed by atoms with Crippen LogP contribution in [0.2, 0.25) is 0 Å². The summed E-state index contributed by atoms with van der Waals surface area (Å²) < 4.78 is 0. The molecule has 32 heavy (non-hydrogen) atoms. The normalized spacial score (nSPS) is 17.6. The van der Waals surface area contributed by atoms with E-state index in [1.54, 1.807) is 0 Å². The van der Waals surface area contributed by atoms with E-state index in [2.05, 4.69) is 12.1 Å². The summed E-state index contributed by atoms with van der Waals surface area (Å²) in [7, 11) is 0. The summed E-state index contributed by atoms with van der Waals surface area (Å²) in [5.41, 5.74) is 20.3. The zero-order valence-electron chi connectivity index (χ0n) is 18.9. The number of hydrogen-bond acceptors (Lipinski definition) is 4. The topological polar surface area (TPSA) is 96.1 Å². The molecule has 0 amide bonds. The van der Waals surface area contributed by atoms with Gasteiger partial charge in [-0.15, -0.1) is 12.4 Å². The first kappa shape index (κ1) is 25.4. The molecule has 1 fully saturated rings. The van der Waals surface area contributed by atoms with E-state index in [9.17, 15) is 0 Å². The van der Waals surface area contributed by atoms with Crippen LogP contribution in [0.3, 0.4) is 0 Å². The average molecular weight is 452 g/mol. The van der Waals surface area contributed by atoms with E-state index in [0.29, 0.717) is 5.71 Å². The number of hydrogen-bond donors (Lipinski definition) is 4. The van der Waals surface area contributed by atoms with Gasteiger partial charge in [-0.1, -0.05) is 43.5 Å². The molecule has 4 rings (SSSR count). The van der Waals surface area contributed by atoms with Gasteiger partial charge in [0, 0.05) is 11.4 Å². The summed E-state index contributed by atoms with van der Waals surface area (Å²) in [4.78, 5) is 0. The first-order valence-electron chi connectivity index (χ1n) is 10.9. The maximum atomic E-state index is 8.91. The molecule has 0 bridgehead atoms. The Bertz CT molecular complexity index is 1030. The predicted molar refractivity (Wildman–Crippen MR) is 139 cm³/mol. The van der Waals surface area contributed by atoms with Gasteiger partial charge in [0.25, 0.3) is 0 Å². The largest absolute Gasteiger partial charge is 0.399 e. The van der Waals surface area contributed by atoms with Gasteiger partial charge in [-0.25, -0.2) is 0 Å². The third-order valence-electron chi connectivity index (χ3n) is 5.85. The van der Waals surface area contributed by atoms with Gasteiger partial charge in [0.15, 0.2) is 0 Å². The minimum absolute atomic E-state index is 0. The molecule has 0 atom stereocenters. The highest BCUT2D eigenvalue weighted by atomic mass is 35.5. The lowest BCUT2D eigenvalue weighted by Crippen LogP contribution is -2.09. The number of aryl methyl sites for hydroxylation is 1. The number of halogens is 1. The van der Waals surface area contributed by atoms with Crippen LogP contribution in [0, 0.1) is 12.3 Å². The van der Waals surface area contributed by atoms with E-state index in [1.165, 1.54) is 19.3 Å². The molecule has 2 aromatic carbocycles. The molecular formula is C27H34ClN3O. The number of aliphatic hydroxyl groups is 1. The van der Waals surface area contributed by atoms with Crippen molar-refractivity contribution in [1.29, 1.82) is 5.41 Å². The fourth-order valence-electron chi connectivity index (χ4n) is 3.88. The number of nitrogens with two attached hydrogens (primary N) is 2. The number of anilines is 2. The smallest absolute Gasteiger partial charge is 0.0569 e. The van der Waals surface area contributed by atoms with Crippen molar-refractivity contribution in [2.75, 3.05) is 11.5 Å². The maximum Gasteiger partial charge on any atom is 0.0569 e. The van der Waals surface area contributed by atoms with Crippen molar-refractivity contribution >= 4 is 35.1 Å². The highest BCUT2D eigenvalue weighted by Gasteiger charge is 2.13. The Morgan fingerprint density at radius 3 is 2.06 bits per heavy atom. The lowest BCUT2D eigenvalue weighted by molar-refractivity contribution is 0.130. The van der Waals surface area contributed by atoms with Gasteiger partial charge in [-0.2, -0.15) is 0 Å². The van der Waals surface area contributed by atoms with Crippen LogP contribution in [0.4, 0.5) is 11.4 Å². The fraction of sp³-hybridized carbons (Fsp3) is 0.296. The Morgan fingerprint density at radius 1 is 0.906 bits per heavy atom. The Kier molecular flexibility index (Phi) is 9.30. The summed E-state index contributed by atoms with van der Waals surface area (Å²) in [5, 5.41) is 16.8. The van der Waals surface area contributed by atoms with Gasteiger partial charge in [0.05, 0.1) is 11.8 Å². The van der Waals surface area contributed by atoms with E-state index in [-0.39, 0.29) is 18.5 Å². The second-order valence-electron chi connectivity index (χ2n) is 8.39. The van der Waals surface area contributed by atoms with Crippen molar-refractivity contribution in [3.05, 3.63) is 88.5 Å². The van der Waals surface area contributed by atoms with Crippen molar-refractivity contribution in [3.8, 4) is 0 Å². The van der Waals surface area contributed by atoms with Crippen LogP contribution < -0.4 is 11.5 Å². The molecule has 1 saturated carbocycles. The Hall–Kier alpha value is -2.82. The number of benzene rings is 2. The second kappa shape index (κ2) is 11.7. The standard InChI is InChI=1S/C21H21N3.C6H12O.ClH/c1-13-11-16(5-9-19(13)23)21(15-3-7-18(22)8-4-15)17-6-10-20(24)14(2)12-17;7-6-4-2-1-3-5-6;/h3-12,23H,22,24H2,1-2H3;6-7H,1-5H2;1H. The van der Waals surface area contributed by atoms with Crippen molar-refractivity contribution < 1.29 is 5.11 Å². The minimum Gasteiger partial charge on any atom is -0.399 e. The van der Waals surface area contributed by atoms with Gasteiger partial charge in [0.1, 0.15) is 0 Å². The molecule has 6 N–H and O–H groups in total. The molecule has 0 spiro atoms. The lowest BCUT2D eigenvalue weighted by Gasteiger charge is -2.16. The predicted octanol–water partition coefficient (Wildman–Crippen LogP) is 6.23. The van der Waals surface area contributed by atoms with E-state index in [1.807, 2.05) is 62.4 Å². The third kappa shape index (κ3) is 6.59. The molecule has 170 valence electrons. The first-order valence-corrected chi connectivity index (χ1v) is 10.9. The molecule has 0 aliphatic heterocycles.